The van der Waals surface area contributed by atoms with E-state index in [4.69, 9.17) is 4.98 Å². The summed E-state index contributed by atoms with van der Waals surface area (Å²) in [5, 5.41) is 6.40. The van der Waals surface area contributed by atoms with Gasteiger partial charge in [0, 0.05) is 24.2 Å². The predicted octanol–water partition coefficient (Wildman–Crippen LogP) is 4.46. The number of anilines is 1. The van der Waals surface area contributed by atoms with Crippen LogP contribution >= 0.6 is 11.3 Å². The number of nitrogens with one attached hydrogen (secondary N) is 1. The molecule has 0 atom stereocenters. The highest BCUT2D eigenvalue weighted by molar-refractivity contribution is 7.17. The average Bonchev–Trinajstić information content (AvgIpc) is 3.06. The minimum absolute atomic E-state index is 0.643. The maximum Gasteiger partial charge on any atom is 0.181 e. The molecule has 0 unspecified atom stereocenters. The molecule has 112 valence electrons. The van der Waals surface area contributed by atoms with E-state index < -0.39 is 0 Å². The summed E-state index contributed by atoms with van der Waals surface area (Å²) in [4.78, 5) is 14.7. The van der Waals surface area contributed by atoms with Crippen LogP contribution in [0, 0.1) is 0 Å². The second kappa shape index (κ2) is 5.78. The van der Waals surface area contributed by atoms with E-state index in [0.717, 1.165) is 27.3 Å². The summed E-state index contributed by atoms with van der Waals surface area (Å²) in [7, 11) is 1.89. The summed E-state index contributed by atoms with van der Waals surface area (Å²) in [6.45, 7) is 0. The van der Waals surface area contributed by atoms with E-state index in [1.165, 1.54) is 5.56 Å². The van der Waals surface area contributed by atoms with E-state index in [9.17, 15) is 0 Å². The van der Waals surface area contributed by atoms with Crippen molar-refractivity contribution in [1.82, 2.24) is 15.0 Å². The molecule has 5 heteroatoms. The smallest absolute Gasteiger partial charge is 0.181 e. The molecule has 0 amide bonds. The van der Waals surface area contributed by atoms with Crippen LogP contribution in [0.2, 0.25) is 0 Å². The molecule has 3 heterocycles. The molecule has 4 rings (SSSR count). The zero-order valence-corrected chi connectivity index (χ0v) is 13.3. The summed E-state index contributed by atoms with van der Waals surface area (Å²) in [6, 6.07) is 16.1. The Hall–Kier alpha value is -2.79. The molecule has 4 aromatic rings. The van der Waals surface area contributed by atoms with Crippen LogP contribution in [0.4, 0.5) is 5.82 Å². The second-order valence-electron chi connectivity index (χ2n) is 5.06. The number of hydrogen-bond acceptors (Lipinski definition) is 5. The van der Waals surface area contributed by atoms with Gasteiger partial charge >= 0.3 is 0 Å². The zero-order valence-electron chi connectivity index (χ0n) is 12.5. The van der Waals surface area contributed by atoms with Crippen LogP contribution in [0.25, 0.3) is 32.9 Å². The molecule has 0 aliphatic rings. The predicted molar refractivity (Wildman–Crippen MR) is 95.6 cm³/mol. The van der Waals surface area contributed by atoms with Gasteiger partial charge in [0.2, 0.25) is 0 Å². The Morgan fingerprint density at radius 2 is 1.78 bits per heavy atom. The SMILES string of the molecule is CNc1nc(-c2ccccn2)nc2scc(-c3ccccc3)c12. The Kier molecular flexibility index (Phi) is 3.48. The van der Waals surface area contributed by atoms with Gasteiger partial charge < -0.3 is 5.32 Å². The van der Waals surface area contributed by atoms with Crippen LogP contribution in [0.3, 0.4) is 0 Å². The van der Waals surface area contributed by atoms with Crippen LogP contribution in [0.1, 0.15) is 0 Å². The van der Waals surface area contributed by atoms with Crippen LogP contribution in [-0.4, -0.2) is 22.0 Å². The molecule has 3 aromatic heterocycles. The Labute approximate surface area is 137 Å². The lowest BCUT2D eigenvalue weighted by atomic mass is 10.1. The lowest BCUT2D eigenvalue weighted by molar-refractivity contribution is 1.18. The van der Waals surface area contributed by atoms with Gasteiger partial charge in [0.25, 0.3) is 0 Å². The molecule has 0 aliphatic carbocycles. The van der Waals surface area contributed by atoms with E-state index >= 15 is 0 Å². The number of thiophene rings is 1. The molecule has 0 saturated heterocycles. The zero-order chi connectivity index (χ0) is 15.6. The van der Waals surface area contributed by atoms with E-state index in [-0.39, 0.29) is 0 Å². The monoisotopic (exact) mass is 318 g/mol. The van der Waals surface area contributed by atoms with Gasteiger partial charge in [-0.25, -0.2) is 9.97 Å². The fourth-order valence-electron chi connectivity index (χ4n) is 2.56. The minimum atomic E-state index is 0.643. The Balaban J connectivity index is 1.94. The number of nitrogens with zero attached hydrogens (tertiary/aromatic N) is 3. The largest absolute Gasteiger partial charge is 0.372 e. The quantitative estimate of drug-likeness (QED) is 0.606. The minimum Gasteiger partial charge on any atom is -0.372 e. The fourth-order valence-corrected chi connectivity index (χ4v) is 3.51. The Morgan fingerprint density at radius 3 is 2.52 bits per heavy atom. The van der Waals surface area contributed by atoms with Crippen LogP contribution in [0.5, 0.6) is 0 Å². The molecule has 0 radical (unpaired) electrons. The molecule has 0 saturated carbocycles. The highest BCUT2D eigenvalue weighted by Crippen LogP contribution is 2.37. The van der Waals surface area contributed by atoms with Gasteiger partial charge in [-0.3, -0.25) is 4.98 Å². The topological polar surface area (TPSA) is 50.7 Å². The molecule has 1 N–H and O–H groups in total. The van der Waals surface area contributed by atoms with Crippen molar-refractivity contribution in [2.45, 2.75) is 0 Å². The summed E-state index contributed by atoms with van der Waals surface area (Å²) in [5.41, 5.74) is 3.10. The van der Waals surface area contributed by atoms with Gasteiger partial charge in [0.15, 0.2) is 5.82 Å². The van der Waals surface area contributed by atoms with Crippen molar-refractivity contribution >= 4 is 27.4 Å². The number of rotatable bonds is 3. The summed E-state index contributed by atoms with van der Waals surface area (Å²) in [5.74, 6) is 1.47. The molecule has 1 aromatic carbocycles. The first kappa shape index (κ1) is 13.8. The third kappa shape index (κ3) is 2.45. The molecular formula is C18H14N4S. The number of hydrogen-bond donors (Lipinski definition) is 1. The van der Waals surface area contributed by atoms with Crippen molar-refractivity contribution in [3.8, 4) is 22.6 Å². The van der Waals surface area contributed by atoms with Crippen molar-refractivity contribution in [3.63, 3.8) is 0 Å². The maximum atomic E-state index is 4.71. The molecule has 4 nitrogen and oxygen atoms in total. The van der Waals surface area contributed by atoms with Gasteiger partial charge in [-0.1, -0.05) is 36.4 Å². The average molecular weight is 318 g/mol. The lowest BCUT2D eigenvalue weighted by Crippen LogP contribution is -1.98. The Morgan fingerprint density at radius 1 is 0.957 bits per heavy atom. The summed E-state index contributed by atoms with van der Waals surface area (Å²) >= 11 is 1.63. The van der Waals surface area contributed by atoms with Gasteiger partial charge in [0.05, 0.1) is 5.39 Å². The van der Waals surface area contributed by atoms with Crippen LogP contribution in [0.15, 0.2) is 60.1 Å². The molecule has 23 heavy (non-hydrogen) atoms. The first-order valence-electron chi connectivity index (χ1n) is 7.30. The third-order valence-corrected chi connectivity index (χ3v) is 4.52. The third-order valence-electron chi connectivity index (χ3n) is 3.65. The molecule has 0 spiro atoms. The van der Waals surface area contributed by atoms with Gasteiger partial charge in [-0.2, -0.15) is 0 Å². The number of benzene rings is 1. The van der Waals surface area contributed by atoms with Crippen molar-refractivity contribution in [3.05, 3.63) is 60.1 Å². The second-order valence-corrected chi connectivity index (χ2v) is 5.91. The lowest BCUT2D eigenvalue weighted by Gasteiger charge is -2.07. The molecule has 0 bridgehead atoms. The molecule has 0 fully saturated rings. The van der Waals surface area contributed by atoms with Crippen molar-refractivity contribution in [2.24, 2.45) is 0 Å². The van der Waals surface area contributed by atoms with E-state index in [0.29, 0.717) is 5.82 Å². The fraction of sp³-hybridized carbons (Fsp3) is 0.0556. The maximum absolute atomic E-state index is 4.71. The molecular weight excluding hydrogens is 304 g/mol. The van der Waals surface area contributed by atoms with Crippen molar-refractivity contribution in [2.75, 3.05) is 12.4 Å². The normalized spacial score (nSPS) is 10.8. The van der Waals surface area contributed by atoms with E-state index in [2.05, 4.69) is 32.8 Å². The van der Waals surface area contributed by atoms with E-state index in [1.54, 1.807) is 17.5 Å². The number of fused-ring (bicyclic) bond motifs is 1. The van der Waals surface area contributed by atoms with Gasteiger partial charge in [0.1, 0.15) is 16.3 Å². The highest BCUT2D eigenvalue weighted by atomic mass is 32.1. The Bertz CT molecular complexity index is 949. The highest BCUT2D eigenvalue weighted by Gasteiger charge is 2.15. The number of pyridine rings is 1. The van der Waals surface area contributed by atoms with E-state index in [1.807, 2.05) is 43.4 Å². The first-order chi connectivity index (χ1) is 11.4. The number of aromatic nitrogens is 3. The summed E-state index contributed by atoms with van der Waals surface area (Å²) < 4.78 is 0. The van der Waals surface area contributed by atoms with Gasteiger partial charge in [-0.05, 0) is 17.7 Å². The van der Waals surface area contributed by atoms with Crippen LogP contribution < -0.4 is 5.32 Å². The van der Waals surface area contributed by atoms with Crippen molar-refractivity contribution in [1.29, 1.82) is 0 Å². The standard InChI is InChI=1S/C18H14N4S/c1-19-17-15-13(12-7-3-2-4-8-12)11-23-18(15)22-16(21-17)14-9-5-6-10-20-14/h2-11H,1H3,(H,19,21,22). The molecule has 0 aliphatic heterocycles. The van der Waals surface area contributed by atoms with Gasteiger partial charge in [-0.15, -0.1) is 11.3 Å². The van der Waals surface area contributed by atoms with Crippen LogP contribution in [-0.2, 0) is 0 Å². The summed E-state index contributed by atoms with van der Waals surface area (Å²) in [6.07, 6.45) is 1.76. The van der Waals surface area contributed by atoms with Crippen molar-refractivity contribution < 1.29 is 0 Å². The first-order valence-corrected chi connectivity index (χ1v) is 8.18.